The molecule has 3 aromatic carbocycles. The van der Waals surface area contributed by atoms with Gasteiger partial charge in [0, 0.05) is 12.1 Å². The highest BCUT2D eigenvalue weighted by Gasteiger charge is 2.46. The Kier molecular flexibility index (Phi) is 7.24. The number of nitrogens with zero attached hydrogens (tertiary/aromatic N) is 1. The molecule has 0 aromatic heterocycles. The van der Waals surface area contributed by atoms with Crippen molar-refractivity contribution < 1.29 is 33.3 Å². The first-order valence-corrected chi connectivity index (χ1v) is 11.3. The molecule has 1 saturated heterocycles. The molecule has 1 aliphatic heterocycles. The lowest BCUT2D eigenvalue weighted by molar-refractivity contribution is -0.139. The van der Waals surface area contributed by atoms with Gasteiger partial charge in [0.15, 0.2) is 11.5 Å². The van der Waals surface area contributed by atoms with E-state index in [1.165, 1.54) is 36.3 Å². The summed E-state index contributed by atoms with van der Waals surface area (Å²) in [6, 6.07) is 16.7. The molecule has 8 heteroatoms. The number of amides is 1. The van der Waals surface area contributed by atoms with Crippen molar-refractivity contribution in [1.82, 2.24) is 4.90 Å². The molecular formula is C28H26FNO6. The topological polar surface area (TPSA) is 85.3 Å². The van der Waals surface area contributed by atoms with E-state index in [4.69, 9.17) is 14.2 Å². The van der Waals surface area contributed by atoms with Crippen LogP contribution in [0.5, 0.6) is 17.2 Å². The average Bonchev–Trinajstić information content (AvgIpc) is 3.16. The Morgan fingerprint density at radius 2 is 1.64 bits per heavy atom. The van der Waals surface area contributed by atoms with Crippen molar-refractivity contribution in [2.75, 3.05) is 27.9 Å². The van der Waals surface area contributed by atoms with Crippen LogP contribution in [-0.2, 0) is 16.0 Å². The number of carbonyl (C=O) groups is 2. The highest BCUT2D eigenvalue weighted by atomic mass is 19.1. The number of benzene rings is 3. The molecule has 0 saturated carbocycles. The summed E-state index contributed by atoms with van der Waals surface area (Å²) in [7, 11) is 4.61. The summed E-state index contributed by atoms with van der Waals surface area (Å²) in [6.07, 6.45) is 0.421. The second-order valence-corrected chi connectivity index (χ2v) is 8.22. The molecule has 0 spiro atoms. The number of ketones is 1. The van der Waals surface area contributed by atoms with Crippen LogP contribution in [0.3, 0.4) is 0 Å². The van der Waals surface area contributed by atoms with Crippen molar-refractivity contribution in [3.05, 3.63) is 94.8 Å². The van der Waals surface area contributed by atoms with Crippen molar-refractivity contribution in [3.8, 4) is 17.2 Å². The lowest BCUT2D eigenvalue weighted by Gasteiger charge is -2.26. The Morgan fingerprint density at radius 3 is 2.31 bits per heavy atom. The average molecular weight is 492 g/mol. The molecule has 36 heavy (non-hydrogen) atoms. The van der Waals surface area contributed by atoms with Crippen LogP contribution in [-0.4, -0.2) is 49.6 Å². The minimum absolute atomic E-state index is 0.0628. The Bertz CT molecular complexity index is 1320. The van der Waals surface area contributed by atoms with Crippen LogP contribution in [0, 0.1) is 5.82 Å². The largest absolute Gasteiger partial charge is 0.507 e. The standard InChI is InChI=1S/C28H26FNO6/c1-34-21-6-4-5-19(16-21)25-24(26(31)18-8-10-20(29)11-9-18)27(32)28(33)30(25)14-13-17-7-12-22(35-2)23(15-17)36-3/h4-12,15-16,25,31H,13-14H2,1-3H3/t25-/m1/s1. The fraction of sp³-hybridized carbons (Fsp3) is 0.214. The number of hydrogen-bond acceptors (Lipinski definition) is 6. The molecular weight excluding hydrogens is 465 g/mol. The number of Topliss-reactive ketones (excluding diaryl/α,β-unsaturated/α-hetero) is 1. The number of hydrogen-bond donors (Lipinski definition) is 1. The molecule has 7 nitrogen and oxygen atoms in total. The predicted molar refractivity (Wildman–Crippen MR) is 132 cm³/mol. The van der Waals surface area contributed by atoms with E-state index in [2.05, 4.69) is 0 Å². The van der Waals surface area contributed by atoms with Crippen LogP contribution in [0.15, 0.2) is 72.3 Å². The number of aliphatic hydroxyl groups is 1. The third kappa shape index (κ3) is 4.75. The fourth-order valence-corrected chi connectivity index (χ4v) is 4.32. The quantitative estimate of drug-likeness (QED) is 0.283. The number of rotatable bonds is 8. The Hall–Kier alpha value is -4.33. The SMILES string of the molecule is COc1cccc([C@@H]2C(=C(O)c3ccc(F)cc3)C(=O)C(=O)N2CCc2ccc(OC)c(OC)c2)c1. The summed E-state index contributed by atoms with van der Waals surface area (Å²) in [5, 5.41) is 11.1. The molecule has 186 valence electrons. The number of likely N-dealkylation sites (tertiary alicyclic amines) is 1. The monoisotopic (exact) mass is 491 g/mol. The third-order valence-electron chi connectivity index (χ3n) is 6.16. The van der Waals surface area contributed by atoms with Gasteiger partial charge < -0.3 is 24.2 Å². The molecule has 1 amide bonds. The maximum atomic E-state index is 13.5. The van der Waals surface area contributed by atoms with Crippen molar-refractivity contribution in [2.45, 2.75) is 12.5 Å². The van der Waals surface area contributed by atoms with Gasteiger partial charge in [-0.3, -0.25) is 9.59 Å². The predicted octanol–water partition coefficient (Wildman–Crippen LogP) is 4.52. The zero-order chi connectivity index (χ0) is 25.8. The van der Waals surface area contributed by atoms with E-state index in [0.29, 0.717) is 29.2 Å². The summed E-state index contributed by atoms with van der Waals surface area (Å²) in [6.45, 7) is 0.197. The minimum atomic E-state index is -0.856. The van der Waals surface area contributed by atoms with Crippen LogP contribution < -0.4 is 14.2 Å². The Balaban J connectivity index is 1.75. The molecule has 1 N–H and O–H groups in total. The zero-order valence-corrected chi connectivity index (χ0v) is 20.2. The summed E-state index contributed by atoms with van der Waals surface area (Å²) in [5.41, 5.74) is 1.65. The highest BCUT2D eigenvalue weighted by molar-refractivity contribution is 6.46. The van der Waals surface area contributed by atoms with Crippen molar-refractivity contribution in [1.29, 1.82) is 0 Å². The molecule has 3 aromatic rings. The number of aliphatic hydroxyl groups excluding tert-OH is 1. The van der Waals surface area contributed by atoms with Crippen LogP contribution in [0.1, 0.15) is 22.7 Å². The lowest BCUT2D eigenvalue weighted by atomic mass is 9.95. The van der Waals surface area contributed by atoms with E-state index in [1.54, 1.807) is 44.6 Å². The first-order chi connectivity index (χ1) is 17.4. The van der Waals surface area contributed by atoms with Crippen LogP contribution in [0.25, 0.3) is 5.76 Å². The van der Waals surface area contributed by atoms with Gasteiger partial charge in [-0.2, -0.15) is 0 Å². The first-order valence-electron chi connectivity index (χ1n) is 11.3. The number of methoxy groups -OCH3 is 3. The van der Waals surface area contributed by atoms with Crippen LogP contribution >= 0.6 is 0 Å². The van der Waals surface area contributed by atoms with Crippen LogP contribution in [0.2, 0.25) is 0 Å². The fourth-order valence-electron chi connectivity index (χ4n) is 4.32. The van der Waals surface area contributed by atoms with E-state index in [-0.39, 0.29) is 23.4 Å². The van der Waals surface area contributed by atoms with Gasteiger partial charge >= 0.3 is 0 Å². The second kappa shape index (κ2) is 10.5. The van der Waals surface area contributed by atoms with Crippen molar-refractivity contribution >= 4 is 17.4 Å². The van der Waals surface area contributed by atoms with E-state index in [0.717, 1.165) is 5.56 Å². The summed E-state index contributed by atoms with van der Waals surface area (Å²) in [5.74, 6) is -0.709. The Morgan fingerprint density at radius 1 is 0.917 bits per heavy atom. The van der Waals surface area contributed by atoms with Gasteiger partial charge in [-0.25, -0.2) is 4.39 Å². The van der Waals surface area contributed by atoms with Gasteiger partial charge in [0.05, 0.1) is 32.9 Å². The number of ether oxygens (including phenoxy) is 3. The molecule has 0 bridgehead atoms. The van der Waals surface area contributed by atoms with E-state index in [1.807, 2.05) is 12.1 Å². The van der Waals surface area contributed by atoms with E-state index >= 15 is 0 Å². The van der Waals surface area contributed by atoms with Gasteiger partial charge in [0.2, 0.25) is 0 Å². The van der Waals surface area contributed by atoms with Crippen LogP contribution in [0.4, 0.5) is 4.39 Å². The van der Waals surface area contributed by atoms with Crippen molar-refractivity contribution in [2.24, 2.45) is 0 Å². The van der Waals surface area contributed by atoms with Gasteiger partial charge in [0.25, 0.3) is 11.7 Å². The molecule has 1 atom stereocenters. The second-order valence-electron chi connectivity index (χ2n) is 8.22. The Labute approximate surface area is 208 Å². The van der Waals surface area contributed by atoms with Gasteiger partial charge in [-0.15, -0.1) is 0 Å². The van der Waals surface area contributed by atoms with Gasteiger partial charge in [-0.1, -0.05) is 18.2 Å². The molecule has 0 aliphatic carbocycles. The lowest BCUT2D eigenvalue weighted by Crippen LogP contribution is -2.31. The molecule has 1 aliphatic rings. The molecule has 0 radical (unpaired) electrons. The first kappa shape index (κ1) is 24.8. The normalized spacial score (nSPS) is 16.8. The summed E-state index contributed by atoms with van der Waals surface area (Å²) in [4.78, 5) is 27.8. The maximum Gasteiger partial charge on any atom is 0.295 e. The maximum absolute atomic E-state index is 13.5. The van der Waals surface area contributed by atoms with Gasteiger partial charge in [-0.05, 0) is 66.1 Å². The summed E-state index contributed by atoms with van der Waals surface area (Å²) < 4.78 is 29.4. The van der Waals surface area contributed by atoms with Gasteiger partial charge in [0.1, 0.15) is 17.3 Å². The molecule has 1 heterocycles. The molecule has 0 unspecified atom stereocenters. The summed E-state index contributed by atoms with van der Waals surface area (Å²) >= 11 is 0. The molecule has 4 rings (SSSR count). The van der Waals surface area contributed by atoms with Crippen molar-refractivity contribution in [3.63, 3.8) is 0 Å². The third-order valence-corrected chi connectivity index (χ3v) is 6.16. The highest BCUT2D eigenvalue weighted by Crippen LogP contribution is 2.40. The molecule has 1 fully saturated rings. The smallest absolute Gasteiger partial charge is 0.295 e. The number of carbonyl (C=O) groups excluding carboxylic acids is 2. The zero-order valence-electron chi connectivity index (χ0n) is 20.2. The van der Waals surface area contributed by atoms with E-state index in [9.17, 15) is 19.1 Å². The number of halogens is 1. The van der Waals surface area contributed by atoms with E-state index < -0.39 is 23.5 Å². The minimum Gasteiger partial charge on any atom is -0.507 e.